The summed E-state index contributed by atoms with van der Waals surface area (Å²) in [5, 5.41) is 20.0. The van der Waals surface area contributed by atoms with Gasteiger partial charge in [0.1, 0.15) is 0 Å². The van der Waals surface area contributed by atoms with Crippen LogP contribution in [0.15, 0.2) is 48.5 Å². The highest BCUT2D eigenvalue weighted by Gasteiger charge is 2.29. The monoisotopic (exact) mass is 398 g/mol. The van der Waals surface area contributed by atoms with Gasteiger partial charge in [-0.3, -0.25) is 0 Å². The maximum absolute atomic E-state index is 10.0. The van der Waals surface area contributed by atoms with Gasteiger partial charge < -0.3 is 9.64 Å². The van der Waals surface area contributed by atoms with Gasteiger partial charge in [0.15, 0.2) is 0 Å². The summed E-state index contributed by atoms with van der Waals surface area (Å²) in [6.07, 6.45) is 0.851. The highest BCUT2D eigenvalue weighted by Crippen LogP contribution is 2.29. The molecule has 0 bridgehead atoms. The number of benzene rings is 2. The first kappa shape index (κ1) is 21.3. The number of aromatic nitrogens is 1. The van der Waals surface area contributed by atoms with E-state index in [0.717, 1.165) is 34.0 Å². The molecular weight excluding hydrogens is 372 g/mol. The smallest absolute Gasteiger partial charge is 0.216 e. The Labute approximate surface area is 178 Å². The third-order valence-corrected chi connectivity index (χ3v) is 5.44. The van der Waals surface area contributed by atoms with Crippen molar-refractivity contribution in [1.82, 2.24) is 9.88 Å². The molecule has 3 rings (SSSR count). The molecule has 1 heterocycles. The van der Waals surface area contributed by atoms with Gasteiger partial charge in [0.05, 0.1) is 35.7 Å². The fraction of sp³-hybridized carbons (Fsp3) is 0.320. The predicted octanol–water partition coefficient (Wildman–Crippen LogP) is 4.59. The molecule has 1 atom stereocenters. The van der Waals surface area contributed by atoms with Crippen molar-refractivity contribution in [1.29, 1.82) is 10.5 Å². The predicted molar refractivity (Wildman–Crippen MR) is 118 cm³/mol. The first-order valence-electron chi connectivity index (χ1n) is 9.99. The van der Waals surface area contributed by atoms with E-state index in [2.05, 4.69) is 35.0 Å². The number of rotatable bonds is 7. The summed E-state index contributed by atoms with van der Waals surface area (Å²) < 4.78 is 5.44. The zero-order chi connectivity index (χ0) is 21.7. The summed E-state index contributed by atoms with van der Waals surface area (Å²) in [4.78, 5) is 6.79. The highest BCUT2D eigenvalue weighted by atomic mass is 16.5. The zero-order valence-corrected chi connectivity index (χ0v) is 17.9. The Hall–Kier alpha value is -3.41. The van der Waals surface area contributed by atoms with Gasteiger partial charge in [0.2, 0.25) is 5.88 Å². The van der Waals surface area contributed by atoms with Crippen molar-refractivity contribution in [2.75, 3.05) is 20.7 Å². The Morgan fingerprint density at radius 1 is 1.10 bits per heavy atom. The summed E-state index contributed by atoms with van der Waals surface area (Å²) >= 11 is 0. The SMILES string of the molecule is CCc1cc2ccc([C@@](C)(C#N)CN(C)Cc3ccc(C#N)cc3)cc2nc1OC. The van der Waals surface area contributed by atoms with E-state index in [4.69, 9.17) is 10.00 Å². The molecule has 0 radical (unpaired) electrons. The molecule has 5 heteroatoms. The highest BCUT2D eigenvalue weighted by molar-refractivity contribution is 5.81. The van der Waals surface area contributed by atoms with E-state index in [0.29, 0.717) is 24.5 Å². The third kappa shape index (κ3) is 4.43. The first-order chi connectivity index (χ1) is 14.4. The van der Waals surface area contributed by atoms with Gasteiger partial charge in [-0.25, -0.2) is 4.98 Å². The second kappa shape index (κ2) is 8.95. The van der Waals surface area contributed by atoms with E-state index in [1.165, 1.54) is 0 Å². The molecule has 0 aliphatic heterocycles. The van der Waals surface area contributed by atoms with E-state index >= 15 is 0 Å². The van der Waals surface area contributed by atoms with Crippen molar-refractivity contribution < 1.29 is 4.74 Å². The summed E-state index contributed by atoms with van der Waals surface area (Å²) in [6, 6.07) is 20.3. The zero-order valence-electron chi connectivity index (χ0n) is 17.9. The van der Waals surface area contributed by atoms with Gasteiger partial charge in [-0.2, -0.15) is 10.5 Å². The van der Waals surface area contributed by atoms with Crippen molar-refractivity contribution in [2.24, 2.45) is 0 Å². The Balaban J connectivity index is 1.86. The molecule has 0 amide bonds. The molecule has 0 spiro atoms. The van der Waals surface area contributed by atoms with Crippen molar-refractivity contribution in [3.8, 4) is 18.0 Å². The molecule has 5 nitrogen and oxygen atoms in total. The minimum atomic E-state index is -0.687. The lowest BCUT2D eigenvalue weighted by Crippen LogP contribution is -2.35. The van der Waals surface area contributed by atoms with Crippen LogP contribution >= 0.6 is 0 Å². The van der Waals surface area contributed by atoms with Crippen molar-refractivity contribution >= 4 is 10.9 Å². The number of hydrogen-bond donors (Lipinski definition) is 0. The number of nitriles is 2. The standard InChI is InChI=1S/C25H26N4O/c1-5-20-12-21-10-11-22(13-23(21)28-24(20)30-4)25(2,16-27)17-29(3)15-19-8-6-18(14-26)7-9-19/h6-13H,5,15,17H2,1-4H3/t25-/m0/s1. The quantitative estimate of drug-likeness (QED) is 0.582. The number of aryl methyl sites for hydroxylation is 1. The van der Waals surface area contributed by atoms with E-state index < -0.39 is 5.41 Å². The fourth-order valence-corrected chi connectivity index (χ4v) is 3.75. The average molecular weight is 399 g/mol. The van der Waals surface area contributed by atoms with Crippen LogP contribution in [-0.2, 0) is 18.4 Å². The van der Waals surface area contributed by atoms with Crippen LogP contribution in [0.5, 0.6) is 5.88 Å². The summed E-state index contributed by atoms with van der Waals surface area (Å²) in [5.74, 6) is 0.638. The van der Waals surface area contributed by atoms with Crippen LogP contribution in [0.3, 0.4) is 0 Å². The second-order valence-corrected chi connectivity index (χ2v) is 7.84. The number of ether oxygens (including phenoxy) is 1. The first-order valence-corrected chi connectivity index (χ1v) is 9.99. The topological polar surface area (TPSA) is 72.9 Å². The molecule has 30 heavy (non-hydrogen) atoms. The van der Waals surface area contributed by atoms with Gasteiger partial charge in [-0.15, -0.1) is 0 Å². The second-order valence-electron chi connectivity index (χ2n) is 7.84. The van der Waals surface area contributed by atoms with Gasteiger partial charge >= 0.3 is 0 Å². The lowest BCUT2D eigenvalue weighted by molar-refractivity contribution is 0.281. The molecule has 0 N–H and O–H groups in total. The largest absolute Gasteiger partial charge is 0.481 e. The molecule has 0 fully saturated rings. The van der Waals surface area contributed by atoms with Gasteiger partial charge in [-0.1, -0.05) is 31.2 Å². The van der Waals surface area contributed by atoms with Crippen LogP contribution in [0.25, 0.3) is 10.9 Å². The number of fused-ring (bicyclic) bond motifs is 1. The van der Waals surface area contributed by atoms with Crippen LogP contribution in [-0.4, -0.2) is 30.6 Å². The molecule has 2 aromatic carbocycles. The lowest BCUT2D eigenvalue weighted by Gasteiger charge is -2.28. The minimum Gasteiger partial charge on any atom is -0.481 e. The third-order valence-electron chi connectivity index (χ3n) is 5.44. The molecule has 0 unspecified atom stereocenters. The lowest BCUT2D eigenvalue weighted by atomic mass is 9.83. The normalized spacial score (nSPS) is 12.9. The van der Waals surface area contributed by atoms with E-state index in [9.17, 15) is 5.26 Å². The van der Waals surface area contributed by atoms with Gasteiger partial charge in [0.25, 0.3) is 0 Å². The van der Waals surface area contributed by atoms with Crippen LogP contribution in [0.2, 0.25) is 0 Å². The van der Waals surface area contributed by atoms with Crippen LogP contribution in [0.4, 0.5) is 0 Å². The number of likely N-dealkylation sites (N-methyl/N-ethyl adjacent to an activating group) is 1. The average Bonchev–Trinajstić information content (AvgIpc) is 2.77. The maximum Gasteiger partial charge on any atom is 0.216 e. The molecule has 1 aromatic heterocycles. The molecule has 3 aromatic rings. The Morgan fingerprint density at radius 2 is 1.83 bits per heavy atom. The summed E-state index contributed by atoms with van der Waals surface area (Å²) in [5.41, 5.74) is 3.90. The maximum atomic E-state index is 10.0. The molecular formula is C25H26N4O. The Bertz CT molecular complexity index is 1120. The Morgan fingerprint density at radius 3 is 2.43 bits per heavy atom. The van der Waals surface area contributed by atoms with Crippen molar-refractivity contribution in [2.45, 2.75) is 32.2 Å². The number of pyridine rings is 1. The number of nitrogens with zero attached hydrogens (tertiary/aromatic N) is 4. The molecule has 0 aliphatic rings. The van der Waals surface area contributed by atoms with E-state index in [1.807, 2.05) is 56.4 Å². The van der Waals surface area contributed by atoms with Crippen LogP contribution in [0, 0.1) is 22.7 Å². The molecule has 152 valence electrons. The van der Waals surface area contributed by atoms with Crippen molar-refractivity contribution in [3.63, 3.8) is 0 Å². The van der Waals surface area contributed by atoms with Crippen molar-refractivity contribution in [3.05, 3.63) is 70.8 Å². The summed E-state index contributed by atoms with van der Waals surface area (Å²) in [7, 11) is 3.64. The van der Waals surface area contributed by atoms with E-state index in [1.54, 1.807) is 7.11 Å². The van der Waals surface area contributed by atoms with Crippen LogP contribution in [0.1, 0.15) is 36.1 Å². The van der Waals surface area contributed by atoms with Gasteiger partial charge in [-0.05, 0) is 55.8 Å². The Kier molecular flexibility index (Phi) is 6.35. The summed E-state index contributed by atoms with van der Waals surface area (Å²) in [6.45, 7) is 5.30. The molecule has 0 saturated carbocycles. The van der Waals surface area contributed by atoms with Crippen LogP contribution < -0.4 is 4.74 Å². The fourth-order valence-electron chi connectivity index (χ4n) is 3.75. The molecule has 0 saturated heterocycles. The molecule has 0 aliphatic carbocycles. The number of hydrogen-bond acceptors (Lipinski definition) is 5. The number of methoxy groups -OCH3 is 1. The van der Waals surface area contributed by atoms with Gasteiger partial charge in [0, 0.05) is 24.0 Å². The van der Waals surface area contributed by atoms with E-state index in [-0.39, 0.29) is 0 Å². The minimum absolute atomic E-state index is 0.569.